The molecule has 0 aliphatic carbocycles. The van der Waals surface area contributed by atoms with Crippen LogP contribution < -0.4 is 5.32 Å². The monoisotopic (exact) mass is 408 g/mol. The molecule has 0 unspecified atom stereocenters. The van der Waals surface area contributed by atoms with E-state index >= 15 is 0 Å². The topological polar surface area (TPSA) is 24.9 Å². The van der Waals surface area contributed by atoms with Gasteiger partial charge in [0, 0.05) is 37.1 Å². The van der Waals surface area contributed by atoms with Crippen molar-refractivity contribution in [2.24, 2.45) is 0 Å². The lowest BCUT2D eigenvalue weighted by Gasteiger charge is -2.08. The standard InChI is InChI=1S/C25H16N2S2/c1-3-10-22-19(8-1)20-13-12-18(15-24(20)28-22)26-17-7-5-6-16(14-17)25-27-21-9-2-4-11-23(21)29-25/h1-15,26H. The van der Waals surface area contributed by atoms with Gasteiger partial charge in [0.05, 0.1) is 10.2 Å². The van der Waals surface area contributed by atoms with Crippen LogP contribution in [0.15, 0.2) is 91.0 Å². The first-order chi connectivity index (χ1) is 14.3. The van der Waals surface area contributed by atoms with Crippen molar-refractivity contribution in [1.29, 1.82) is 0 Å². The summed E-state index contributed by atoms with van der Waals surface area (Å²) in [5.74, 6) is 0. The van der Waals surface area contributed by atoms with Crippen molar-refractivity contribution >= 4 is 64.4 Å². The number of thiophene rings is 1. The van der Waals surface area contributed by atoms with Crippen molar-refractivity contribution in [3.63, 3.8) is 0 Å². The number of aromatic nitrogens is 1. The molecule has 0 saturated carbocycles. The normalized spacial score (nSPS) is 11.4. The summed E-state index contributed by atoms with van der Waals surface area (Å²) in [5, 5.41) is 7.27. The lowest BCUT2D eigenvalue weighted by atomic mass is 10.1. The molecular weight excluding hydrogens is 392 g/mol. The third kappa shape index (κ3) is 2.97. The molecule has 6 rings (SSSR count). The smallest absolute Gasteiger partial charge is 0.124 e. The van der Waals surface area contributed by atoms with E-state index in [1.807, 2.05) is 17.4 Å². The van der Waals surface area contributed by atoms with E-state index in [4.69, 9.17) is 4.98 Å². The minimum Gasteiger partial charge on any atom is -0.355 e. The third-order valence-corrected chi connectivity index (χ3v) is 7.29. The number of nitrogens with zero attached hydrogens (tertiary/aromatic N) is 1. The first kappa shape index (κ1) is 16.7. The molecular formula is C25H16N2S2. The van der Waals surface area contributed by atoms with Gasteiger partial charge in [-0.25, -0.2) is 4.98 Å². The number of fused-ring (bicyclic) bond motifs is 4. The Morgan fingerprint density at radius 2 is 1.38 bits per heavy atom. The summed E-state index contributed by atoms with van der Waals surface area (Å²) in [6.45, 7) is 0. The number of hydrogen-bond donors (Lipinski definition) is 1. The summed E-state index contributed by atoms with van der Waals surface area (Å²) >= 11 is 3.57. The Morgan fingerprint density at radius 3 is 2.31 bits per heavy atom. The molecule has 2 aromatic heterocycles. The van der Waals surface area contributed by atoms with E-state index in [2.05, 4.69) is 90.2 Å². The molecule has 2 nitrogen and oxygen atoms in total. The minimum atomic E-state index is 1.05. The Hall–Kier alpha value is -3.21. The Kier molecular flexibility index (Phi) is 3.86. The van der Waals surface area contributed by atoms with Gasteiger partial charge in [-0.1, -0.05) is 48.5 Å². The van der Waals surface area contributed by atoms with Crippen LogP contribution in [0.5, 0.6) is 0 Å². The summed E-state index contributed by atoms with van der Waals surface area (Å²) in [6.07, 6.45) is 0. The van der Waals surface area contributed by atoms with Crippen molar-refractivity contribution in [2.45, 2.75) is 0 Å². The average Bonchev–Trinajstić information content (AvgIpc) is 3.35. The summed E-state index contributed by atoms with van der Waals surface area (Å²) < 4.78 is 3.85. The summed E-state index contributed by atoms with van der Waals surface area (Å²) in [4.78, 5) is 4.79. The Bertz CT molecular complexity index is 1460. The van der Waals surface area contributed by atoms with Gasteiger partial charge in [-0.05, 0) is 42.5 Å². The number of benzene rings is 4. The second kappa shape index (κ2) is 6.69. The molecule has 0 amide bonds. The molecule has 0 radical (unpaired) electrons. The van der Waals surface area contributed by atoms with E-state index in [-0.39, 0.29) is 0 Å². The van der Waals surface area contributed by atoms with Crippen LogP contribution in [0.25, 0.3) is 41.0 Å². The largest absolute Gasteiger partial charge is 0.355 e. The number of para-hydroxylation sites is 1. The number of thiazole rings is 1. The van der Waals surface area contributed by atoms with Crippen LogP contribution in [0.2, 0.25) is 0 Å². The van der Waals surface area contributed by atoms with E-state index < -0.39 is 0 Å². The fourth-order valence-electron chi connectivity index (χ4n) is 3.70. The van der Waals surface area contributed by atoms with E-state index in [1.165, 1.54) is 24.9 Å². The highest BCUT2D eigenvalue weighted by Gasteiger charge is 2.08. The summed E-state index contributed by atoms with van der Waals surface area (Å²) in [5.41, 5.74) is 4.37. The molecule has 0 aliphatic heterocycles. The van der Waals surface area contributed by atoms with Gasteiger partial charge in [0.25, 0.3) is 0 Å². The molecule has 2 heterocycles. The van der Waals surface area contributed by atoms with E-state index in [9.17, 15) is 0 Å². The SMILES string of the molecule is c1cc(Nc2ccc3c(c2)sc2ccccc23)cc(-c2nc3ccccc3s2)c1. The zero-order valence-corrected chi connectivity index (χ0v) is 17.1. The first-order valence-electron chi connectivity index (χ1n) is 9.48. The predicted molar refractivity (Wildman–Crippen MR) is 128 cm³/mol. The Balaban J connectivity index is 1.35. The van der Waals surface area contributed by atoms with Crippen molar-refractivity contribution in [1.82, 2.24) is 4.98 Å². The van der Waals surface area contributed by atoms with Crippen molar-refractivity contribution < 1.29 is 0 Å². The van der Waals surface area contributed by atoms with E-state index in [0.29, 0.717) is 0 Å². The predicted octanol–water partition coefficient (Wildman–Crippen LogP) is 8.07. The molecule has 6 aromatic rings. The quantitative estimate of drug-likeness (QED) is 0.320. The van der Waals surface area contributed by atoms with Crippen LogP contribution in [-0.4, -0.2) is 4.98 Å². The molecule has 0 saturated heterocycles. The molecule has 4 heteroatoms. The Morgan fingerprint density at radius 1 is 0.586 bits per heavy atom. The molecule has 0 spiro atoms. The second-order valence-electron chi connectivity index (χ2n) is 7.00. The van der Waals surface area contributed by atoms with Crippen molar-refractivity contribution in [3.05, 3.63) is 91.0 Å². The van der Waals surface area contributed by atoms with Crippen LogP contribution in [0.4, 0.5) is 11.4 Å². The third-order valence-electron chi connectivity index (χ3n) is 5.07. The van der Waals surface area contributed by atoms with Gasteiger partial charge < -0.3 is 5.32 Å². The van der Waals surface area contributed by atoms with Gasteiger partial charge in [0.1, 0.15) is 5.01 Å². The molecule has 29 heavy (non-hydrogen) atoms. The van der Waals surface area contributed by atoms with Crippen LogP contribution in [0, 0.1) is 0 Å². The maximum Gasteiger partial charge on any atom is 0.124 e. The van der Waals surface area contributed by atoms with Crippen LogP contribution in [-0.2, 0) is 0 Å². The zero-order valence-electron chi connectivity index (χ0n) is 15.4. The highest BCUT2D eigenvalue weighted by atomic mass is 32.1. The maximum absolute atomic E-state index is 4.79. The lowest BCUT2D eigenvalue weighted by Crippen LogP contribution is -1.90. The highest BCUT2D eigenvalue weighted by molar-refractivity contribution is 7.25. The number of rotatable bonds is 3. The van der Waals surface area contributed by atoms with Gasteiger partial charge in [0.15, 0.2) is 0 Å². The number of nitrogens with one attached hydrogen (secondary N) is 1. The first-order valence-corrected chi connectivity index (χ1v) is 11.1. The molecule has 1 N–H and O–H groups in total. The maximum atomic E-state index is 4.79. The highest BCUT2D eigenvalue weighted by Crippen LogP contribution is 2.36. The van der Waals surface area contributed by atoms with Gasteiger partial charge >= 0.3 is 0 Å². The molecule has 0 bridgehead atoms. The van der Waals surface area contributed by atoms with E-state index in [1.54, 1.807) is 11.3 Å². The minimum absolute atomic E-state index is 1.05. The van der Waals surface area contributed by atoms with E-state index in [0.717, 1.165) is 27.5 Å². The molecule has 0 aliphatic rings. The van der Waals surface area contributed by atoms with Gasteiger partial charge in [0.2, 0.25) is 0 Å². The second-order valence-corrected chi connectivity index (χ2v) is 9.12. The molecule has 0 atom stereocenters. The van der Waals surface area contributed by atoms with Gasteiger partial charge in [-0.3, -0.25) is 0 Å². The summed E-state index contributed by atoms with van der Waals surface area (Å²) in [7, 11) is 0. The molecule has 4 aromatic carbocycles. The van der Waals surface area contributed by atoms with Gasteiger partial charge in [-0.2, -0.15) is 0 Å². The van der Waals surface area contributed by atoms with Crippen molar-refractivity contribution in [2.75, 3.05) is 5.32 Å². The fraction of sp³-hybridized carbons (Fsp3) is 0. The fourth-order valence-corrected chi connectivity index (χ4v) is 5.80. The molecule has 0 fully saturated rings. The lowest BCUT2D eigenvalue weighted by molar-refractivity contribution is 1.47. The number of hydrogen-bond acceptors (Lipinski definition) is 4. The zero-order chi connectivity index (χ0) is 19.2. The Labute approximate surface area is 176 Å². The van der Waals surface area contributed by atoms with Crippen LogP contribution >= 0.6 is 22.7 Å². The van der Waals surface area contributed by atoms with Crippen LogP contribution in [0.3, 0.4) is 0 Å². The average molecular weight is 409 g/mol. The number of anilines is 2. The van der Waals surface area contributed by atoms with Crippen LogP contribution in [0.1, 0.15) is 0 Å². The van der Waals surface area contributed by atoms with Gasteiger partial charge in [-0.15, -0.1) is 22.7 Å². The molecule has 138 valence electrons. The summed E-state index contributed by atoms with van der Waals surface area (Å²) in [6, 6.07) is 32.0. The van der Waals surface area contributed by atoms with Crippen molar-refractivity contribution in [3.8, 4) is 10.6 Å².